The van der Waals surface area contributed by atoms with E-state index in [-0.39, 0.29) is 0 Å². The van der Waals surface area contributed by atoms with E-state index in [0.29, 0.717) is 5.82 Å². The molecule has 0 aromatic carbocycles. The van der Waals surface area contributed by atoms with Gasteiger partial charge in [-0.1, -0.05) is 0 Å². The zero-order valence-corrected chi connectivity index (χ0v) is 11.0. The van der Waals surface area contributed by atoms with Crippen molar-refractivity contribution in [2.75, 3.05) is 0 Å². The number of carbonyl (C=O) groups is 3. The quantitative estimate of drug-likeness (QED) is 0.499. The van der Waals surface area contributed by atoms with Crippen LogP contribution in [0.25, 0.3) is 0 Å². The monoisotopic (exact) mass is 284 g/mol. The van der Waals surface area contributed by atoms with Crippen molar-refractivity contribution in [1.29, 1.82) is 0 Å². The van der Waals surface area contributed by atoms with Crippen molar-refractivity contribution in [2.24, 2.45) is 12.8 Å². The third kappa shape index (κ3) is 4.23. The number of rotatable bonds is 6. The number of aliphatic carboxylic acids is 1. The van der Waals surface area contributed by atoms with Gasteiger partial charge in [-0.25, -0.2) is 9.59 Å². The van der Waals surface area contributed by atoms with Crippen LogP contribution in [0.3, 0.4) is 0 Å². The highest BCUT2D eigenvalue weighted by molar-refractivity contribution is 5.87. The van der Waals surface area contributed by atoms with Crippen LogP contribution in [0, 0.1) is 0 Å². The van der Waals surface area contributed by atoms with Crippen LogP contribution in [0.4, 0.5) is 4.79 Å². The van der Waals surface area contributed by atoms with E-state index in [9.17, 15) is 14.4 Å². The Morgan fingerprint density at radius 1 is 1.45 bits per heavy atom. The van der Waals surface area contributed by atoms with E-state index in [4.69, 9.17) is 10.8 Å². The molecule has 0 bridgehead atoms. The van der Waals surface area contributed by atoms with Crippen LogP contribution >= 0.6 is 0 Å². The van der Waals surface area contributed by atoms with Crippen LogP contribution in [0.15, 0.2) is 6.33 Å². The summed E-state index contributed by atoms with van der Waals surface area (Å²) in [6.45, 7) is 1.66. The summed E-state index contributed by atoms with van der Waals surface area (Å²) in [6, 6.07) is -2.60. The maximum absolute atomic E-state index is 11.7. The van der Waals surface area contributed by atoms with E-state index in [1.54, 1.807) is 18.5 Å². The van der Waals surface area contributed by atoms with Gasteiger partial charge in [0.05, 0.1) is 12.5 Å². The number of nitrogens with one attached hydrogen (secondary N) is 2. The summed E-state index contributed by atoms with van der Waals surface area (Å²) < 4.78 is 1.61. The van der Waals surface area contributed by atoms with Crippen molar-refractivity contribution in [3.63, 3.8) is 0 Å². The van der Waals surface area contributed by atoms with E-state index in [1.165, 1.54) is 6.33 Å². The Morgan fingerprint density at radius 2 is 2.10 bits per heavy atom. The molecule has 1 aromatic heterocycles. The van der Waals surface area contributed by atoms with Gasteiger partial charge in [-0.3, -0.25) is 4.79 Å². The van der Waals surface area contributed by atoms with Gasteiger partial charge in [0, 0.05) is 7.05 Å². The number of primary amides is 1. The molecular weight excluding hydrogens is 268 g/mol. The summed E-state index contributed by atoms with van der Waals surface area (Å²) in [6.07, 6.45) is 0.986. The van der Waals surface area contributed by atoms with Crippen molar-refractivity contribution < 1.29 is 19.5 Å². The highest BCUT2D eigenvalue weighted by Crippen LogP contribution is 2.06. The van der Waals surface area contributed by atoms with Gasteiger partial charge in [0.15, 0.2) is 5.82 Å². The second-order valence-electron chi connectivity index (χ2n) is 4.20. The molecule has 2 atom stereocenters. The van der Waals surface area contributed by atoms with Crippen LogP contribution in [-0.2, 0) is 16.6 Å². The lowest BCUT2D eigenvalue weighted by atomic mass is 10.2. The molecule has 0 spiro atoms. The van der Waals surface area contributed by atoms with Crippen molar-refractivity contribution >= 4 is 17.9 Å². The maximum Gasteiger partial charge on any atom is 0.326 e. The van der Waals surface area contributed by atoms with E-state index >= 15 is 0 Å². The molecule has 10 nitrogen and oxygen atoms in total. The number of carboxylic acid groups (broad SMARTS) is 1. The van der Waals surface area contributed by atoms with Crippen molar-refractivity contribution in [2.45, 2.75) is 25.4 Å². The molecule has 1 unspecified atom stereocenters. The molecule has 20 heavy (non-hydrogen) atoms. The summed E-state index contributed by atoms with van der Waals surface area (Å²) in [7, 11) is 1.71. The van der Waals surface area contributed by atoms with Crippen molar-refractivity contribution in [1.82, 2.24) is 25.4 Å². The molecule has 110 valence electrons. The predicted octanol–water partition coefficient (Wildman–Crippen LogP) is -1.50. The first-order valence-electron chi connectivity index (χ1n) is 5.73. The Balaban J connectivity index is 2.60. The first kappa shape index (κ1) is 15.4. The predicted molar refractivity (Wildman–Crippen MR) is 66.3 cm³/mol. The molecule has 0 saturated heterocycles. The minimum absolute atomic E-state index is 0.481. The topological polar surface area (TPSA) is 152 Å². The Labute approximate surface area is 114 Å². The van der Waals surface area contributed by atoms with Gasteiger partial charge in [-0.2, -0.15) is 0 Å². The number of carboxylic acids is 1. The average Bonchev–Trinajstić information content (AvgIpc) is 2.73. The highest BCUT2D eigenvalue weighted by Gasteiger charge is 2.23. The largest absolute Gasteiger partial charge is 0.480 e. The second-order valence-corrected chi connectivity index (χ2v) is 4.20. The zero-order chi connectivity index (χ0) is 15.3. The first-order chi connectivity index (χ1) is 9.31. The van der Waals surface area contributed by atoms with Gasteiger partial charge in [-0.15, -0.1) is 10.2 Å². The van der Waals surface area contributed by atoms with Gasteiger partial charge in [-0.05, 0) is 6.92 Å². The lowest BCUT2D eigenvalue weighted by Gasteiger charge is -2.17. The SMILES string of the molecule is CC(NC(=O)N[C@H](CC(N)=O)C(=O)O)c1nncn1C. The molecule has 0 radical (unpaired) electrons. The number of nitrogens with zero attached hydrogens (tertiary/aromatic N) is 3. The molecule has 5 N–H and O–H groups in total. The summed E-state index contributed by atoms with van der Waals surface area (Å²) in [5.74, 6) is -1.66. The molecule has 0 aliphatic rings. The van der Waals surface area contributed by atoms with Crippen LogP contribution in [-0.4, -0.2) is 43.8 Å². The summed E-state index contributed by atoms with van der Waals surface area (Å²) in [5.41, 5.74) is 4.91. The van der Waals surface area contributed by atoms with E-state index < -0.39 is 36.4 Å². The number of nitrogens with two attached hydrogens (primary N) is 1. The molecule has 0 fully saturated rings. The number of urea groups is 1. The third-order valence-corrected chi connectivity index (χ3v) is 2.49. The minimum atomic E-state index is -1.38. The average molecular weight is 284 g/mol. The van der Waals surface area contributed by atoms with E-state index in [1.807, 2.05) is 0 Å². The van der Waals surface area contributed by atoms with E-state index in [2.05, 4.69) is 20.8 Å². The Bertz CT molecular complexity index is 514. The fourth-order valence-electron chi connectivity index (χ4n) is 1.55. The minimum Gasteiger partial charge on any atom is -0.480 e. The van der Waals surface area contributed by atoms with Crippen molar-refractivity contribution in [3.8, 4) is 0 Å². The molecule has 1 rings (SSSR count). The number of hydrogen-bond acceptors (Lipinski definition) is 5. The van der Waals surface area contributed by atoms with Crippen LogP contribution in [0.1, 0.15) is 25.2 Å². The fraction of sp³-hybridized carbons (Fsp3) is 0.500. The fourth-order valence-corrected chi connectivity index (χ4v) is 1.55. The Morgan fingerprint density at radius 3 is 2.55 bits per heavy atom. The van der Waals surface area contributed by atoms with Gasteiger partial charge in [0.2, 0.25) is 5.91 Å². The molecule has 1 heterocycles. The van der Waals surface area contributed by atoms with Crippen LogP contribution in [0.5, 0.6) is 0 Å². The van der Waals surface area contributed by atoms with Crippen LogP contribution in [0.2, 0.25) is 0 Å². The number of hydrogen-bond donors (Lipinski definition) is 4. The van der Waals surface area contributed by atoms with Gasteiger partial charge < -0.3 is 26.0 Å². The van der Waals surface area contributed by atoms with Gasteiger partial charge in [0.1, 0.15) is 12.4 Å². The molecule has 1 aromatic rings. The van der Waals surface area contributed by atoms with Gasteiger partial charge >= 0.3 is 12.0 Å². The molecule has 3 amide bonds. The lowest BCUT2D eigenvalue weighted by molar-refractivity contribution is -0.140. The van der Waals surface area contributed by atoms with Crippen LogP contribution < -0.4 is 16.4 Å². The number of carbonyl (C=O) groups excluding carboxylic acids is 2. The molecule has 0 aliphatic carbocycles. The normalized spacial score (nSPS) is 13.3. The highest BCUT2D eigenvalue weighted by atomic mass is 16.4. The Hall–Kier alpha value is -2.65. The molecular formula is C10H16N6O4. The number of aryl methyl sites for hydroxylation is 1. The standard InChI is InChI=1S/C10H16N6O4/c1-5(8-15-12-4-16(8)2)13-10(20)14-6(9(18)19)3-7(11)17/h4-6H,3H2,1-2H3,(H2,11,17)(H,18,19)(H2,13,14,20)/t5?,6-/m1/s1. The first-order valence-corrected chi connectivity index (χ1v) is 5.73. The molecule has 0 aliphatic heterocycles. The lowest BCUT2D eigenvalue weighted by Crippen LogP contribution is -2.48. The van der Waals surface area contributed by atoms with E-state index in [0.717, 1.165) is 0 Å². The summed E-state index contributed by atoms with van der Waals surface area (Å²) >= 11 is 0. The van der Waals surface area contributed by atoms with Gasteiger partial charge in [0.25, 0.3) is 0 Å². The zero-order valence-electron chi connectivity index (χ0n) is 11.0. The second kappa shape index (κ2) is 6.50. The third-order valence-electron chi connectivity index (χ3n) is 2.49. The number of aromatic nitrogens is 3. The molecule has 10 heteroatoms. The smallest absolute Gasteiger partial charge is 0.326 e. The molecule has 0 saturated carbocycles. The Kier molecular flexibility index (Phi) is 5.01. The maximum atomic E-state index is 11.7. The number of amides is 3. The summed E-state index contributed by atoms with van der Waals surface area (Å²) in [5, 5.41) is 21.0. The summed E-state index contributed by atoms with van der Waals surface area (Å²) in [4.78, 5) is 33.2. The van der Waals surface area contributed by atoms with Crippen molar-refractivity contribution in [3.05, 3.63) is 12.2 Å².